The van der Waals surface area contributed by atoms with Crippen molar-refractivity contribution in [3.63, 3.8) is 0 Å². The second-order valence-electron chi connectivity index (χ2n) is 3.48. The summed E-state index contributed by atoms with van der Waals surface area (Å²) in [4.78, 5) is 2.18. The number of fused-ring (bicyclic) bond motifs is 1. The van der Waals surface area contributed by atoms with Crippen LogP contribution in [-0.2, 0) is 0 Å². The third kappa shape index (κ3) is 1.06. The molecule has 2 aliphatic heterocycles. The summed E-state index contributed by atoms with van der Waals surface area (Å²) in [5.41, 5.74) is 0. The van der Waals surface area contributed by atoms with Crippen molar-refractivity contribution >= 4 is 0 Å². The van der Waals surface area contributed by atoms with Gasteiger partial charge in [0, 0.05) is 6.04 Å². The number of piperidine rings is 1. The number of nitrogens with one attached hydrogen (secondary N) is 1. The fourth-order valence-corrected chi connectivity index (χ4v) is 2.10. The van der Waals surface area contributed by atoms with Gasteiger partial charge in [0.2, 0.25) is 0 Å². The first-order valence-electron chi connectivity index (χ1n) is 4.15. The minimum atomic E-state index is 0.756. The molecule has 0 aromatic heterocycles. The Hall–Kier alpha value is -0.0800. The highest BCUT2D eigenvalue weighted by Crippen LogP contribution is 2.24. The highest BCUT2D eigenvalue weighted by molar-refractivity contribution is 4.90. The lowest BCUT2D eigenvalue weighted by Crippen LogP contribution is -2.43. The first-order valence-corrected chi connectivity index (χ1v) is 4.15. The molecule has 58 valence electrons. The monoisotopic (exact) mass is 139 g/mol. The molecular formula is C8H15N2-. The van der Waals surface area contributed by atoms with E-state index in [0.717, 1.165) is 18.5 Å². The van der Waals surface area contributed by atoms with Gasteiger partial charge in [-0.15, -0.1) is 0 Å². The van der Waals surface area contributed by atoms with Crippen LogP contribution >= 0.6 is 0 Å². The van der Waals surface area contributed by atoms with Crippen LogP contribution in [0.5, 0.6) is 0 Å². The normalized spacial score (nSPS) is 41.7. The lowest BCUT2D eigenvalue weighted by molar-refractivity contribution is 0.217. The fraction of sp³-hybridized carbons (Fsp3) is 0.875. The number of rotatable bonds is 0. The second-order valence-corrected chi connectivity index (χ2v) is 3.48. The third-order valence-corrected chi connectivity index (χ3v) is 2.76. The lowest BCUT2D eigenvalue weighted by atomic mass is 9.93. The van der Waals surface area contributed by atoms with E-state index in [0.29, 0.717) is 0 Å². The Labute approximate surface area is 62.6 Å². The molecular weight excluding hydrogens is 124 g/mol. The van der Waals surface area contributed by atoms with Gasteiger partial charge in [0.05, 0.1) is 0 Å². The van der Waals surface area contributed by atoms with Crippen molar-refractivity contribution in [2.45, 2.75) is 18.9 Å². The molecule has 0 aromatic rings. The first-order chi connectivity index (χ1) is 4.86. The van der Waals surface area contributed by atoms with Crippen LogP contribution in [0.15, 0.2) is 0 Å². The van der Waals surface area contributed by atoms with Gasteiger partial charge in [0.25, 0.3) is 0 Å². The van der Waals surface area contributed by atoms with E-state index in [9.17, 15) is 0 Å². The van der Waals surface area contributed by atoms with E-state index in [-0.39, 0.29) is 0 Å². The molecule has 0 unspecified atom stereocenters. The first kappa shape index (κ1) is 6.62. The van der Waals surface area contributed by atoms with Crippen molar-refractivity contribution in [3.8, 4) is 0 Å². The van der Waals surface area contributed by atoms with Crippen LogP contribution in [0.2, 0.25) is 0 Å². The Morgan fingerprint density at radius 1 is 1.40 bits per heavy atom. The molecule has 2 rings (SSSR count). The average molecular weight is 139 g/mol. The lowest BCUT2D eigenvalue weighted by Gasteiger charge is -2.37. The molecule has 0 saturated carbocycles. The Bertz CT molecular complexity index is 124. The van der Waals surface area contributed by atoms with Crippen LogP contribution < -0.4 is 5.32 Å². The van der Waals surface area contributed by atoms with Crippen molar-refractivity contribution in [2.24, 2.45) is 5.92 Å². The predicted octanol–water partition coefficient (Wildman–Crippen LogP) is 0.462. The maximum atomic E-state index is 3.95. The van der Waals surface area contributed by atoms with Crippen molar-refractivity contribution in [1.29, 1.82) is 0 Å². The molecule has 2 atom stereocenters. The van der Waals surface area contributed by atoms with E-state index in [1.165, 1.54) is 25.9 Å². The van der Waals surface area contributed by atoms with Crippen molar-refractivity contribution in [1.82, 2.24) is 10.2 Å². The van der Waals surface area contributed by atoms with Crippen LogP contribution in [-0.4, -0.2) is 30.6 Å². The van der Waals surface area contributed by atoms with Crippen LogP contribution in [0.1, 0.15) is 12.8 Å². The molecule has 2 saturated heterocycles. The molecule has 10 heavy (non-hydrogen) atoms. The molecule has 0 radical (unpaired) electrons. The second kappa shape index (κ2) is 2.51. The molecule has 0 bridgehead atoms. The molecule has 0 amide bonds. The van der Waals surface area contributed by atoms with Crippen LogP contribution in [0, 0.1) is 13.0 Å². The highest BCUT2D eigenvalue weighted by atomic mass is 15.1. The molecule has 2 heterocycles. The van der Waals surface area contributed by atoms with E-state index < -0.39 is 0 Å². The summed E-state index contributed by atoms with van der Waals surface area (Å²) in [6, 6.07) is 0.756. The van der Waals surface area contributed by atoms with Gasteiger partial charge in [-0.3, -0.25) is 7.05 Å². The molecule has 1 N–H and O–H groups in total. The van der Waals surface area contributed by atoms with E-state index >= 15 is 0 Å². The summed E-state index contributed by atoms with van der Waals surface area (Å²) in [6.07, 6.45) is 2.74. The van der Waals surface area contributed by atoms with Gasteiger partial charge in [0.15, 0.2) is 0 Å². The minimum absolute atomic E-state index is 0.756. The Balaban J connectivity index is 1.96. The van der Waals surface area contributed by atoms with E-state index in [4.69, 9.17) is 0 Å². The van der Waals surface area contributed by atoms with Crippen LogP contribution in [0.25, 0.3) is 0 Å². The van der Waals surface area contributed by atoms with Gasteiger partial charge in [-0.25, -0.2) is 0 Å². The van der Waals surface area contributed by atoms with Gasteiger partial charge in [-0.05, 0) is 38.4 Å². The van der Waals surface area contributed by atoms with Crippen molar-refractivity contribution in [2.75, 3.05) is 19.6 Å². The zero-order chi connectivity index (χ0) is 6.97. The average Bonchev–Trinajstić information content (AvgIpc) is 2.33. The smallest absolute Gasteiger partial charge is 0.0200 e. The van der Waals surface area contributed by atoms with E-state index in [2.05, 4.69) is 17.3 Å². The summed E-state index contributed by atoms with van der Waals surface area (Å²) in [5, 5.41) is 3.51. The van der Waals surface area contributed by atoms with Gasteiger partial charge in [0.1, 0.15) is 0 Å². The maximum Gasteiger partial charge on any atom is 0.0200 e. The quantitative estimate of drug-likeness (QED) is 0.490. The highest BCUT2D eigenvalue weighted by Gasteiger charge is 2.29. The van der Waals surface area contributed by atoms with Gasteiger partial charge >= 0.3 is 0 Å². The number of hydrogen-bond acceptors (Lipinski definition) is 2. The molecule has 2 nitrogen and oxygen atoms in total. The zero-order valence-electron chi connectivity index (χ0n) is 6.34. The molecule has 0 spiro atoms. The molecule has 0 aliphatic carbocycles. The summed E-state index contributed by atoms with van der Waals surface area (Å²) < 4.78 is 0. The summed E-state index contributed by atoms with van der Waals surface area (Å²) in [6.45, 7) is 3.58. The molecule has 2 aliphatic rings. The number of hydrogen-bond donors (Lipinski definition) is 1. The van der Waals surface area contributed by atoms with Crippen molar-refractivity contribution < 1.29 is 0 Å². The fourth-order valence-electron chi connectivity index (χ4n) is 2.10. The molecule has 0 aromatic carbocycles. The maximum absolute atomic E-state index is 3.95. The zero-order valence-corrected chi connectivity index (χ0v) is 6.34. The van der Waals surface area contributed by atoms with Crippen LogP contribution in [0.3, 0.4) is 0 Å². The van der Waals surface area contributed by atoms with Gasteiger partial charge < -0.3 is 10.2 Å². The summed E-state index contributed by atoms with van der Waals surface area (Å²) in [5.74, 6) is 0.956. The van der Waals surface area contributed by atoms with Gasteiger partial charge in [-0.2, -0.15) is 0 Å². The van der Waals surface area contributed by atoms with Crippen molar-refractivity contribution in [3.05, 3.63) is 7.05 Å². The van der Waals surface area contributed by atoms with E-state index in [1.807, 2.05) is 0 Å². The SMILES string of the molecule is [CH2-]N1CC[C@@H]2CCN[C@@H]2C1. The Kier molecular flexibility index (Phi) is 1.66. The molecule has 2 fully saturated rings. The van der Waals surface area contributed by atoms with Gasteiger partial charge in [-0.1, -0.05) is 0 Å². The number of nitrogens with zero attached hydrogens (tertiary/aromatic N) is 1. The Morgan fingerprint density at radius 2 is 2.30 bits per heavy atom. The number of likely N-dealkylation sites (tertiary alicyclic amines) is 1. The third-order valence-electron chi connectivity index (χ3n) is 2.76. The topological polar surface area (TPSA) is 15.3 Å². The summed E-state index contributed by atoms with van der Waals surface area (Å²) >= 11 is 0. The van der Waals surface area contributed by atoms with Crippen LogP contribution in [0.4, 0.5) is 0 Å². The standard InChI is InChI=1S/C8H15N2/c1-10-5-3-7-2-4-9-8(7)6-10/h7-9H,1-6H2/q-1/t7-,8+/m0/s1. The molecule has 2 heteroatoms. The Morgan fingerprint density at radius 3 is 3.20 bits per heavy atom. The predicted molar refractivity (Wildman–Crippen MR) is 41.4 cm³/mol. The summed E-state index contributed by atoms with van der Waals surface area (Å²) in [7, 11) is 3.95. The largest absolute Gasteiger partial charge is 0.458 e. The van der Waals surface area contributed by atoms with E-state index in [1.54, 1.807) is 0 Å². The minimum Gasteiger partial charge on any atom is -0.458 e.